The molecule has 2 aromatic carbocycles. The van der Waals surface area contributed by atoms with Crippen molar-refractivity contribution >= 4 is 64.5 Å². The van der Waals surface area contributed by atoms with Crippen LogP contribution in [0.15, 0.2) is 42.6 Å². The van der Waals surface area contributed by atoms with Gasteiger partial charge in [-0.3, -0.25) is 58.7 Å². The van der Waals surface area contributed by atoms with Gasteiger partial charge >= 0.3 is 0 Å². The molecular weight excluding hydrogens is 666 g/mol. The molecule has 5 heterocycles. The van der Waals surface area contributed by atoms with Crippen LogP contribution in [0.4, 0.5) is 11.4 Å². The molecule has 2 unspecified atom stereocenters. The largest absolute Gasteiger partial charge is 0.326 e. The van der Waals surface area contributed by atoms with Crippen molar-refractivity contribution in [1.29, 1.82) is 0 Å². The van der Waals surface area contributed by atoms with Crippen molar-refractivity contribution in [2.75, 3.05) is 10.6 Å². The monoisotopic (exact) mass is 695 g/mol. The molecular formula is C33H29N9O9. The number of amides is 9. The van der Waals surface area contributed by atoms with Gasteiger partial charge in [0, 0.05) is 55.2 Å². The summed E-state index contributed by atoms with van der Waals surface area (Å²) < 4.78 is 1.24. The summed E-state index contributed by atoms with van der Waals surface area (Å²) in [7, 11) is 0. The molecule has 2 saturated heterocycles. The Hall–Kier alpha value is -6.59. The quantitative estimate of drug-likeness (QED) is 0.211. The van der Waals surface area contributed by atoms with Crippen LogP contribution in [-0.2, 0) is 48.3 Å². The van der Waals surface area contributed by atoms with Crippen LogP contribution in [0.1, 0.15) is 74.4 Å². The molecule has 4 aliphatic heterocycles. The molecule has 0 spiro atoms. The molecule has 4 aliphatic rings. The lowest BCUT2D eigenvalue weighted by Crippen LogP contribution is -2.54. The summed E-state index contributed by atoms with van der Waals surface area (Å²) in [5.41, 5.74) is 1.78. The second-order valence-corrected chi connectivity index (χ2v) is 12.4. The number of fused-ring (bicyclic) bond motifs is 2. The maximum Gasteiger partial charge on any atom is 0.264 e. The number of anilines is 2. The van der Waals surface area contributed by atoms with E-state index < -0.39 is 47.5 Å². The molecule has 260 valence electrons. The maximum absolute atomic E-state index is 13.3. The lowest BCUT2D eigenvalue weighted by Gasteiger charge is -2.29. The van der Waals surface area contributed by atoms with Crippen molar-refractivity contribution in [3.05, 3.63) is 70.5 Å². The van der Waals surface area contributed by atoms with Gasteiger partial charge in [-0.25, -0.2) is 4.68 Å². The van der Waals surface area contributed by atoms with Crippen molar-refractivity contribution in [1.82, 2.24) is 35.4 Å². The van der Waals surface area contributed by atoms with Gasteiger partial charge in [0.05, 0.1) is 22.5 Å². The van der Waals surface area contributed by atoms with Crippen LogP contribution < -0.4 is 21.3 Å². The molecule has 1 aromatic heterocycles. The van der Waals surface area contributed by atoms with Gasteiger partial charge in [-0.05, 0) is 37.1 Å². The van der Waals surface area contributed by atoms with Crippen molar-refractivity contribution in [2.45, 2.75) is 63.7 Å². The number of piperidine rings is 2. The van der Waals surface area contributed by atoms with Gasteiger partial charge in [0.2, 0.25) is 35.4 Å². The highest BCUT2D eigenvalue weighted by Crippen LogP contribution is 2.34. The number of hydrogen-bond donors (Lipinski definition) is 4. The maximum atomic E-state index is 13.3. The summed E-state index contributed by atoms with van der Waals surface area (Å²) in [6, 6.07) is 7.32. The molecule has 0 radical (unpaired) electrons. The van der Waals surface area contributed by atoms with Crippen LogP contribution in [-0.4, -0.2) is 90.0 Å². The minimum absolute atomic E-state index is 0.00463. The van der Waals surface area contributed by atoms with Gasteiger partial charge in [0.1, 0.15) is 18.6 Å². The van der Waals surface area contributed by atoms with E-state index in [1.807, 2.05) is 0 Å². The number of nitrogens with one attached hydrogen (secondary N) is 4. The number of benzene rings is 2. The van der Waals surface area contributed by atoms with Gasteiger partial charge in [0.15, 0.2) is 0 Å². The highest BCUT2D eigenvalue weighted by atomic mass is 16.2. The fourth-order valence-corrected chi connectivity index (χ4v) is 6.64. The lowest BCUT2D eigenvalue weighted by molar-refractivity contribution is -0.138. The fraction of sp³-hybridized carbons (Fsp3) is 0.303. The Labute approximate surface area is 287 Å². The molecule has 2 atom stereocenters. The minimum atomic E-state index is -1.15. The Balaban J connectivity index is 0.938. The lowest BCUT2D eigenvalue weighted by atomic mass is 10.0. The summed E-state index contributed by atoms with van der Waals surface area (Å²) in [4.78, 5) is 115. The van der Waals surface area contributed by atoms with E-state index >= 15 is 0 Å². The van der Waals surface area contributed by atoms with Gasteiger partial charge < -0.3 is 15.5 Å². The Morgan fingerprint density at radius 3 is 2.12 bits per heavy atom. The molecule has 7 rings (SSSR count). The van der Waals surface area contributed by atoms with Gasteiger partial charge in [-0.2, -0.15) is 0 Å². The zero-order valence-electron chi connectivity index (χ0n) is 26.8. The van der Waals surface area contributed by atoms with E-state index in [4.69, 9.17) is 0 Å². The van der Waals surface area contributed by atoms with Crippen molar-refractivity contribution in [3.8, 4) is 0 Å². The van der Waals surface area contributed by atoms with Crippen LogP contribution >= 0.6 is 0 Å². The fourth-order valence-electron chi connectivity index (χ4n) is 6.64. The number of carbonyl (C=O) groups excluding carboxylic acids is 9. The van der Waals surface area contributed by atoms with Gasteiger partial charge in [-0.15, -0.1) is 5.10 Å². The topological polar surface area (TPSA) is 239 Å². The Morgan fingerprint density at radius 1 is 0.765 bits per heavy atom. The first-order chi connectivity index (χ1) is 24.5. The van der Waals surface area contributed by atoms with Crippen LogP contribution in [0.3, 0.4) is 0 Å². The van der Waals surface area contributed by atoms with Crippen LogP contribution in [0.5, 0.6) is 0 Å². The number of carbonyl (C=O) groups is 9. The third-order valence-corrected chi connectivity index (χ3v) is 9.10. The summed E-state index contributed by atoms with van der Waals surface area (Å²) in [5.74, 6) is -4.93. The van der Waals surface area contributed by atoms with Gasteiger partial charge in [-0.1, -0.05) is 17.3 Å². The van der Waals surface area contributed by atoms with E-state index in [1.54, 1.807) is 18.2 Å². The Morgan fingerprint density at radius 2 is 1.41 bits per heavy atom. The Bertz CT molecular complexity index is 2090. The zero-order chi connectivity index (χ0) is 36.0. The number of rotatable bonds is 9. The van der Waals surface area contributed by atoms with E-state index in [0.29, 0.717) is 22.5 Å². The van der Waals surface area contributed by atoms with Gasteiger partial charge in [0.25, 0.3) is 17.7 Å². The summed E-state index contributed by atoms with van der Waals surface area (Å²) in [6.07, 6.45) is 1.96. The first-order valence-electron chi connectivity index (χ1n) is 16.1. The predicted octanol–water partition coefficient (Wildman–Crippen LogP) is -0.350. The highest BCUT2D eigenvalue weighted by molar-refractivity contribution is 6.26. The second kappa shape index (κ2) is 13.0. The molecule has 9 amide bonds. The molecule has 51 heavy (non-hydrogen) atoms. The van der Waals surface area contributed by atoms with E-state index in [2.05, 4.69) is 31.6 Å². The molecule has 0 aliphatic carbocycles. The minimum Gasteiger partial charge on any atom is -0.326 e. The molecule has 18 heteroatoms. The number of aromatic nitrogens is 3. The molecule has 3 aromatic rings. The van der Waals surface area contributed by atoms with E-state index in [-0.39, 0.29) is 86.2 Å². The first kappa shape index (κ1) is 32.9. The molecule has 2 fully saturated rings. The first-order valence-corrected chi connectivity index (χ1v) is 16.1. The SMILES string of the molecule is O=C1CCC(N2Cc3c(NC(=O)CCc4cn(CC(=O)Nc5cccc6c5C(=O)N(C5CCC(=O)NC5=O)C6=O)nn4)cccc3C2=O)C(=O)N1. The third-order valence-electron chi connectivity index (χ3n) is 9.10. The average molecular weight is 696 g/mol. The van der Waals surface area contributed by atoms with Crippen molar-refractivity contribution in [3.63, 3.8) is 0 Å². The predicted molar refractivity (Wildman–Crippen MR) is 171 cm³/mol. The van der Waals surface area contributed by atoms with E-state index in [1.165, 1.54) is 34.0 Å². The van der Waals surface area contributed by atoms with Crippen LogP contribution in [0, 0.1) is 0 Å². The van der Waals surface area contributed by atoms with Crippen molar-refractivity contribution < 1.29 is 43.2 Å². The molecule has 0 saturated carbocycles. The number of imide groups is 3. The summed E-state index contributed by atoms with van der Waals surface area (Å²) in [5, 5.41) is 17.8. The third kappa shape index (κ3) is 6.22. The number of nitrogens with zero attached hydrogens (tertiary/aromatic N) is 5. The normalized spacial score (nSPS) is 19.9. The Kier molecular flexibility index (Phi) is 8.41. The van der Waals surface area contributed by atoms with Crippen molar-refractivity contribution in [2.24, 2.45) is 0 Å². The van der Waals surface area contributed by atoms with Crippen LogP contribution in [0.2, 0.25) is 0 Å². The van der Waals surface area contributed by atoms with E-state index in [9.17, 15) is 43.2 Å². The second-order valence-electron chi connectivity index (χ2n) is 12.4. The molecule has 4 N–H and O–H groups in total. The summed E-state index contributed by atoms with van der Waals surface area (Å²) >= 11 is 0. The molecule has 18 nitrogen and oxygen atoms in total. The van der Waals surface area contributed by atoms with Crippen LogP contribution in [0.25, 0.3) is 0 Å². The smallest absolute Gasteiger partial charge is 0.264 e. The summed E-state index contributed by atoms with van der Waals surface area (Å²) in [6.45, 7) is -0.211. The van der Waals surface area contributed by atoms with E-state index in [0.717, 1.165) is 4.90 Å². The standard InChI is InChI=1S/C33H29N9O9/c43-24(34-20-5-1-3-17-19(20)14-41(31(17)49)22-8-11-25(44)36-29(22)47)10-7-16-13-40(39-38-16)15-27(46)35-21-6-2-4-18-28(21)33(51)42(32(18)50)23-9-12-26(45)37-30(23)48/h1-6,13,22-23H,7-12,14-15H2,(H,34,43)(H,35,46)(H,36,44,47)(H,37,45,48). The molecule has 0 bridgehead atoms. The average Bonchev–Trinajstić information content (AvgIpc) is 3.75. The number of hydrogen-bond acceptors (Lipinski definition) is 11. The number of aryl methyl sites for hydroxylation is 1. The highest BCUT2D eigenvalue weighted by Gasteiger charge is 2.46. The zero-order valence-corrected chi connectivity index (χ0v) is 26.8.